The summed E-state index contributed by atoms with van der Waals surface area (Å²) >= 11 is 9.96. The van der Waals surface area contributed by atoms with Crippen LogP contribution in [0.4, 0.5) is 0 Å². The molecule has 1 aromatic carbocycles. The lowest BCUT2D eigenvalue weighted by molar-refractivity contribution is 0.491. The van der Waals surface area contributed by atoms with E-state index < -0.39 is 8.32 Å². The van der Waals surface area contributed by atoms with Gasteiger partial charge in [-0.15, -0.1) is 11.6 Å². The fraction of sp³-hybridized carbons (Fsp3) is 0.389. The van der Waals surface area contributed by atoms with Crippen LogP contribution in [0.15, 0.2) is 47.2 Å². The van der Waals surface area contributed by atoms with Crippen LogP contribution in [0.2, 0.25) is 18.1 Å². The number of aromatic nitrogens is 1. The van der Waals surface area contributed by atoms with Gasteiger partial charge in [0.15, 0.2) is 0 Å². The summed E-state index contributed by atoms with van der Waals surface area (Å²) in [4.78, 5) is 4.25. The van der Waals surface area contributed by atoms with Crippen LogP contribution in [0.5, 0.6) is 5.75 Å². The number of nitrogens with zero attached hydrogens (tertiary/aromatic N) is 1. The average Bonchev–Trinajstić information content (AvgIpc) is 2.46. The highest BCUT2D eigenvalue weighted by Crippen LogP contribution is 2.38. The Morgan fingerprint density at radius 3 is 2.39 bits per heavy atom. The molecule has 0 spiro atoms. The minimum Gasteiger partial charge on any atom is -0.543 e. The SMILES string of the molecule is CC(C)(C)[Si](C)(C)Oc1cccc(C(Cl)c2ccc(Br)nc2)c1. The van der Waals surface area contributed by atoms with E-state index in [0.29, 0.717) is 0 Å². The molecule has 0 aliphatic heterocycles. The number of rotatable bonds is 4. The zero-order valence-electron chi connectivity index (χ0n) is 14.2. The maximum absolute atomic E-state index is 6.62. The van der Waals surface area contributed by atoms with Crippen LogP contribution in [0, 0.1) is 0 Å². The van der Waals surface area contributed by atoms with Crippen molar-refractivity contribution in [3.63, 3.8) is 0 Å². The molecule has 0 fully saturated rings. The van der Waals surface area contributed by atoms with Crippen molar-refractivity contribution in [2.24, 2.45) is 0 Å². The van der Waals surface area contributed by atoms with Crippen LogP contribution in [0.3, 0.4) is 0 Å². The smallest absolute Gasteiger partial charge is 0.250 e. The van der Waals surface area contributed by atoms with Crippen molar-refractivity contribution in [3.8, 4) is 5.75 Å². The molecule has 5 heteroatoms. The zero-order valence-corrected chi connectivity index (χ0v) is 17.6. The Morgan fingerprint density at radius 1 is 1.13 bits per heavy atom. The number of halogens is 2. The second-order valence-electron chi connectivity index (χ2n) is 7.21. The molecule has 0 saturated carbocycles. The molecule has 1 heterocycles. The lowest BCUT2D eigenvalue weighted by Crippen LogP contribution is -2.43. The monoisotopic (exact) mass is 411 g/mol. The largest absolute Gasteiger partial charge is 0.543 e. The second kappa shape index (κ2) is 6.95. The Hall–Kier alpha value is -0.843. The van der Waals surface area contributed by atoms with E-state index in [0.717, 1.165) is 21.5 Å². The standard InChI is InChI=1S/C18H23BrClNOSi/c1-18(2,3)23(4,5)22-15-8-6-7-13(11-15)17(20)14-9-10-16(19)21-12-14/h6-12,17H,1-5H3. The summed E-state index contributed by atoms with van der Waals surface area (Å²) in [6.45, 7) is 11.2. The fourth-order valence-electron chi connectivity index (χ4n) is 1.91. The van der Waals surface area contributed by atoms with Gasteiger partial charge in [0.05, 0.1) is 5.38 Å². The Bertz CT molecular complexity index is 667. The first-order valence-electron chi connectivity index (χ1n) is 7.65. The molecule has 0 aliphatic rings. The summed E-state index contributed by atoms with van der Waals surface area (Å²) in [7, 11) is -1.85. The molecule has 0 aliphatic carbocycles. The van der Waals surface area contributed by atoms with E-state index in [1.165, 1.54) is 0 Å². The predicted octanol–water partition coefficient (Wildman–Crippen LogP) is 6.56. The van der Waals surface area contributed by atoms with Crippen LogP contribution in [-0.4, -0.2) is 13.3 Å². The van der Waals surface area contributed by atoms with Crippen molar-refractivity contribution in [1.29, 1.82) is 0 Å². The minimum absolute atomic E-state index is 0.166. The summed E-state index contributed by atoms with van der Waals surface area (Å²) < 4.78 is 7.17. The first-order chi connectivity index (χ1) is 10.6. The van der Waals surface area contributed by atoms with Gasteiger partial charge in [0.1, 0.15) is 10.4 Å². The van der Waals surface area contributed by atoms with E-state index in [2.05, 4.69) is 54.8 Å². The van der Waals surface area contributed by atoms with Crippen LogP contribution < -0.4 is 4.43 Å². The third-order valence-electron chi connectivity index (χ3n) is 4.37. The first kappa shape index (κ1) is 18.5. The van der Waals surface area contributed by atoms with Gasteiger partial charge in [0, 0.05) is 6.20 Å². The number of benzene rings is 1. The van der Waals surface area contributed by atoms with Gasteiger partial charge >= 0.3 is 0 Å². The molecule has 0 saturated heterocycles. The first-order valence-corrected chi connectivity index (χ1v) is 11.8. The summed E-state index contributed by atoms with van der Waals surface area (Å²) in [6, 6.07) is 12.0. The Morgan fingerprint density at radius 2 is 1.83 bits per heavy atom. The molecule has 1 atom stereocenters. The van der Waals surface area contributed by atoms with E-state index in [-0.39, 0.29) is 10.4 Å². The summed E-state index contributed by atoms with van der Waals surface area (Å²) in [5, 5.41) is -0.0718. The molecule has 2 aromatic rings. The maximum atomic E-state index is 6.62. The maximum Gasteiger partial charge on any atom is 0.250 e. The van der Waals surface area contributed by atoms with Crippen molar-refractivity contribution < 1.29 is 4.43 Å². The van der Waals surface area contributed by atoms with E-state index in [9.17, 15) is 0 Å². The molecule has 0 N–H and O–H groups in total. The van der Waals surface area contributed by atoms with Gasteiger partial charge < -0.3 is 4.43 Å². The molecule has 2 nitrogen and oxygen atoms in total. The van der Waals surface area contributed by atoms with Crippen molar-refractivity contribution in [1.82, 2.24) is 4.98 Å². The van der Waals surface area contributed by atoms with Gasteiger partial charge in [-0.3, -0.25) is 0 Å². The quantitative estimate of drug-likeness (QED) is 0.322. The summed E-state index contributed by atoms with van der Waals surface area (Å²) in [5.41, 5.74) is 1.99. The van der Waals surface area contributed by atoms with E-state index in [4.69, 9.17) is 16.0 Å². The van der Waals surface area contributed by atoms with Gasteiger partial charge in [-0.2, -0.15) is 0 Å². The highest BCUT2D eigenvalue weighted by atomic mass is 79.9. The van der Waals surface area contributed by atoms with E-state index in [1.54, 1.807) is 6.20 Å². The second-order valence-corrected chi connectivity index (χ2v) is 13.2. The van der Waals surface area contributed by atoms with Crippen molar-refractivity contribution in [2.45, 2.75) is 44.3 Å². The predicted molar refractivity (Wildman–Crippen MR) is 104 cm³/mol. The number of pyridine rings is 1. The van der Waals surface area contributed by atoms with Crippen LogP contribution in [0.25, 0.3) is 0 Å². The van der Waals surface area contributed by atoms with Crippen molar-refractivity contribution >= 4 is 35.8 Å². The molecule has 23 heavy (non-hydrogen) atoms. The zero-order chi connectivity index (χ0) is 17.3. The summed E-state index contributed by atoms with van der Waals surface area (Å²) in [5.74, 6) is 0.893. The van der Waals surface area contributed by atoms with E-state index in [1.807, 2.05) is 36.4 Å². The molecular weight excluding hydrogens is 390 g/mol. The molecule has 0 radical (unpaired) electrons. The average molecular weight is 413 g/mol. The molecule has 1 aromatic heterocycles. The number of alkyl halides is 1. The number of hydrogen-bond donors (Lipinski definition) is 0. The highest BCUT2D eigenvalue weighted by molar-refractivity contribution is 9.10. The third kappa shape index (κ3) is 4.58. The van der Waals surface area contributed by atoms with Gasteiger partial charge in [-0.05, 0) is 63.4 Å². The van der Waals surface area contributed by atoms with Crippen molar-refractivity contribution in [2.75, 3.05) is 0 Å². The third-order valence-corrected chi connectivity index (χ3v) is 9.70. The van der Waals surface area contributed by atoms with E-state index >= 15 is 0 Å². The molecule has 1 unspecified atom stereocenters. The molecule has 0 amide bonds. The molecule has 0 bridgehead atoms. The summed E-state index contributed by atoms with van der Waals surface area (Å²) in [6.07, 6.45) is 1.79. The Balaban J connectivity index is 2.24. The van der Waals surface area contributed by atoms with Gasteiger partial charge in [0.2, 0.25) is 8.32 Å². The molecule has 124 valence electrons. The van der Waals surface area contributed by atoms with Gasteiger partial charge in [-0.25, -0.2) is 4.98 Å². The topological polar surface area (TPSA) is 22.1 Å². The molecular formula is C18H23BrClNOSi. The highest BCUT2D eigenvalue weighted by Gasteiger charge is 2.39. The normalized spacial score (nSPS) is 13.7. The van der Waals surface area contributed by atoms with Crippen molar-refractivity contribution in [3.05, 3.63) is 58.3 Å². The van der Waals surface area contributed by atoms with Crippen LogP contribution in [0.1, 0.15) is 37.3 Å². The fourth-order valence-corrected chi connectivity index (χ4v) is 3.43. The molecule has 2 rings (SSSR count). The van der Waals surface area contributed by atoms with Crippen LogP contribution in [-0.2, 0) is 0 Å². The Kier molecular flexibility index (Phi) is 5.59. The van der Waals surface area contributed by atoms with Crippen LogP contribution >= 0.6 is 27.5 Å². The lowest BCUT2D eigenvalue weighted by atomic mass is 10.1. The lowest BCUT2D eigenvalue weighted by Gasteiger charge is -2.36. The Labute approximate surface area is 153 Å². The number of hydrogen-bond acceptors (Lipinski definition) is 2. The minimum atomic E-state index is -1.85. The van der Waals surface area contributed by atoms with Gasteiger partial charge in [-0.1, -0.05) is 39.0 Å². The van der Waals surface area contributed by atoms with Gasteiger partial charge in [0.25, 0.3) is 0 Å².